The van der Waals surface area contributed by atoms with Crippen LogP contribution in [-0.2, 0) is 16.0 Å². The summed E-state index contributed by atoms with van der Waals surface area (Å²) in [4.78, 5) is 15.1. The first-order chi connectivity index (χ1) is 14.4. The SMILES string of the molecule is Cc1cc2c(cc(C(=O)N3CCC4(CC3)OCCO4)n2Cc2ccc(F)c(F)c2)o1. The van der Waals surface area contributed by atoms with E-state index in [1.165, 1.54) is 6.07 Å². The zero-order chi connectivity index (χ0) is 20.9. The van der Waals surface area contributed by atoms with Crippen molar-refractivity contribution >= 4 is 17.0 Å². The number of hydrogen-bond donors (Lipinski definition) is 0. The summed E-state index contributed by atoms with van der Waals surface area (Å²) < 4.78 is 46.1. The van der Waals surface area contributed by atoms with E-state index < -0.39 is 17.4 Å². The number of ether oxygens (including phenoxy) is 2. The van der Waals surface area contributed by atoms with Gasteiger partial charge < -0.3 is 23.4 Å². The molecule has 158 valence electrons. The Morgan fingerprint density at radius 2 is 1.80 bits per heavy atom. The number of furan rings is 1. The van der Waals surface area contributed by atoms with E-state index in [9.17, 15) is 13.6 Å². The number of amides is 1. The Balaban J connectivity index is 1.45. The Morgan fingerprint density at radius 3 is 2.50 bits per heavy atom. The van der Waals surface area contributed by atoms with Crippen LogP contribution in [0, 0.1) is 18.6 Å². The average molecular weight is 416 g/mol. The summed E-state index contributed by atoms with van der Waals surface area (Å²) in [5, 5.41) is 0. The van der Waals surface area contributed by atoms with Crippen LogP contribution in [-0.4, -0.2) is 47.5 Å². The standard InChI is InChI=1S/C22H22F2N2O4/c1-14-10-18-20(30-14)12-19(26(18)13-15-2-3-16(23)17(24)11-15)21(27)25-6-4-22(5-7-25)28-8-9-29-22/h2-3,10-12H,4-9,13H2,1H3. The number of hydrogen-bond acceptors (Lipinski definition) is 4. The molecule has 1 aromatic carbocycles. The molecular formula is C22H22F2N2O4. The first kappa shape index (κ1) is 19.3. The summed E-state index contributed by atoms with van der Waals surface area (Å²) >= 11 is 0. The van der Waals surface area contributed by atoms with Gasteiger partial charge in [-0.15, -0.1) is 0 Å². The minimum Gasteiger partial charge on any atom is -0.460 e. The van der Waals surface area contributed by atoms with Gasteiger partial charge in [-0.2, -0.15) is 0 Å². The Morgan fingerprint density at radius 1 is 1.07 bits per heavy atom. The van der Waals surface area contributed by atoms with Crippen LogP contribution in [0.1, 0.15) is 34.7 Å². The van der Waals surface area contributed by atoms with Gasteiger partial charge in [-0.05, 0) is 24.6 Å². The predicted octanol–water partition coefficient (Wildman–Crippen LogP) is 3.85. The minimum absolute atomic E-state index is 0.130. The normalized spacial score (nSPS) is 18.6. The fourth-order valence-corrected chi connectivity index (χ4v) is 4.33. The molecule has 5 rings (SSSR count). The second-order valence-corrected chi connectivity index (χ2v) is 7.87. The van der Waals surface area contributed by atoms with Gasteiger partial charge in [0.2, 0.25) is 0 Å². The molecule has 0 atom stereocenters. The van der Waals surface area contributed by atoms with Gasteiger partial charge in [0.15, 0.2) is 23.0 Å². The molecule has 0 N–H and O–H groups in total. The highest BCUT2D eigenvalue weighted by Crippen LogP contribution is 2.33. The minimum atomic E-state index is -0.912. The molecule has 6 nitrogen and oxygen atoms in total. The molecule has 4 heterocycles. The fourth-order valence-electron chi connectivity index (χ4n) is 4.33. The molecule has 8 heteroatoms. The van der Waals surface area contributed by atoms with Crippen LogP contribution in [0.5, 0.6) is 0 Å². The summed E-state index contributed by atoms with van der Waals surface area (Å²) in [5.41, 5.74) is 2.35. The Bertz CT molecular complexity index is 1100. The van der Waals surface area contributed by atoms with Gasteiger partial charge in [-0.3, -0.25) is 4.79 Å². The molecule has 2 aliphatic rings. The molecule has 1 spiro atoms. The number of halogens is 2. The van der Waals surface area contributed by atoms with Gasteiger partial charge in [-0.1, -0.05) is 6.07 Å². The van der Waals surface area contributed by atoms with E-state index in [1.54, 1.807) is 15.5 Å². The van der Waals surface area contributed by atoms with Crippen LogP contribution in [0.3, 0.4) is 0 Å². The van der Waals surface area contributed by atoms with Crippen molar-refractivity contribution in [1.29, 1.82) is 0 Å². The first-order valence-corrected chi connectivity index (χ1v) is 10.0. The van der Waals surface area contributed by atoms with E-state index in [0.29, 0.717) is 61.7 Å². The van der Waals surface area contributed by atoms with Crippen LogP contribution in [0.4, 0.5) is 8.78 Å². The highest BCUT2D eigenvalue weighted by molar-refractivity contribution is 5.97. The van der Waals surface area contributed by atoms with E-state index in [1.807, 2.05) is 13.0 Å². The van der Waals surface area contributed by atoms with Gasteiger partial charge in [0.05, 0.1) is 18.7 Å². The molecule has 1 amide bonds. The van der Waals surface area contributed by atoms with Crippen LogP contribution >= 0.6 is 0 Å². The number of carbonyl (C=O) groups excluding carboxylic acids is 1. The Labute approximate surface area is 172 Å². The summed E-state index contributed by atoms with van der Waals surface area (Å²) in [5.74, 6) is -1.78. The Kier molecular flexibility index (Phi) is 4.63. The number of aryl methyl sites for hydroxylation is 1. The molecule has 2 fully saturated rings. The largest absolute Gasteiger partial charge is 0.460 e. The molecule has 2 aliphatic heterocycles. The number of nitrogens with zero attached hydrogens (tertiary/aromatic N) is 2. The molecule has 2 aromatic heterocycles. The van der Waals surface area contributed by atoms with Crippen molar-refractivity contribution in [2.45, 2.75) is 32.1 Å². The van der Waals surface area contributed by atoms with Crippen molar-refractivity contribution in [3.05, 3.63) is 59.0 Å². The lowest BCUT2D eigenvalue weighted by molar-refractivity contribution is -0.181. The zero-order valence-corrected chi connectivity index (χ0v) is 16.6. The number of piperidine rings is 1. The summed E-state index contributed by atoms with van der Waals surface area (Å²) in [6.07, 6.45) is 1.25. The smallest absolute Gasteiger partial charge is 0.270 e. The topological polar surface area (TPSA) is 56.8 Å². The average Bonchev–Trinajstić information content (AvgIpc) is 3.41. The van der Waals surface area contributed by atoms with Crippen molar-refractivity contribution in [3.63, 3.8) is 0 Å². The van der Waals surface area contributed by atoms with E-state index in [2.05, 4.69) is 0 Å². The molecule has 30 heavy (non-hydrogen) atoms. The molecule has 0 saturated carbocycles. The van der Waals surface area contributed by atoms with E-state index >= 15 is 0 Å². The first-order valence-electron chi connectivity index (χ1n) is 10.0. The van der Waals surface area contributed by atoms with Crippen LogP contribution in [0.15, 0.2) is 34.7 Å². The summed E-state index contributed by atoms with van der Waals surface area (Å²) in [6, 6.07) is 7.33. The quantitative estimate of drug-likeness (QED) is 0.651. The second-order valence-electron chi connectivity index (χ2n) is 7.87. The number of rotatable bonds is 3. The third kappa shape index (κ3) is 3.30. The highest BCUT2D eigenvalue weighted by atomic mass is 19.2. The van der Waals surface area contributed by atoms with Crippen LogP contribution in [0.25, 0.3) is 11.1 Å². The molecular weight excluding hydrogens is 394 g/mol. The molecule has 3 aromatic rings. The number of carbonyl (C=O) groups is 1. The van der Waals surface area contributed by atoms with E-state index in [-0.39, 0.29) is 12.5 Å². The number of likely N-dealkylation sites (tertiary alicyclic amines) is 1. The van der Waals surface area contributed by atoms with Gasteiger partial charge in [0.1, 0.15) is 11.5 Å². The van der Waals surface area contributed by atoms with Gasteiger partial charge in [-0.25, -0.2) is 8.78 Å². The maximum Gasteiger partial charge on any atom is 0.270 e. The molecule has 0 unspecified atom stereocenters. The zero-order valence-electron chi connectivity index (χ0n) is 16.6. The predicted molar refractivity (Wildman–Crippen MR) is 104 cm³/mol. The lowest BCUT2D eigenvalue weighted by Gasteiger charge is -2.37. The Hall–Kier alpha value is -2.71. The van der Waals surface area contributed by atoms with Crippen molar-refractivity contribution in [2.24, 2.45) is 0 Å². The third-order valence-electron chi connectivity index (χ3n) is 5.88. The number of benzene rings is 1. The maximum atomic E-state index is 13.7. The number of fused-ring (bicyclic) bond motifs is 1. The van der Waals surface area contributed by atoms with Gasteiger partial charge in [0, 0.05) is 44.6 Å². The van der Waals surface area contributed by atoms with Gasteiger partial charge >= 0.3 is 0 Å². The third-order valence-corrected chi connectivity index (χ3v) is 5.88. The van der Waals surface area contributed by atoms with Crippen molar-refractivity contribution in [2.75, 3.05) is 26.3 Å². The van der Waals surface area contributed by atoms with Crippen molar-refractivity contribution in [1.82, 2.24) is 9.47 Å². The van der Waals surface area contributed by atoms with Crippen molar-refractivity contribution < 1.29 is 27.5 Å². The number of aromatic nitrogens is 1. The molecule has 0 aliphatic carbocycles. The lowest BCUT2D eigenvalue weighted by atomic mass is 10.0. The molecule has 2 saturated heterocycles. The second kappa shape index (κ2) is 7.21. The van der Waals surface area contributed by atoms with Gasteiger partial charge in [0.25, 0.3) is 5.91 Å². The fraction of sp³-hybridized carbons (Fsp3) is 0.409. The highest BCUT2D eigenvalue weighted by Gasteiger charge is 2.41. The molecule has 0 radical (unpaired) electrons. The van der Waals surface area contributed by atoms with E-state index in [4.69, 9.17) is 13.9 Å². The van der Waals surface area contributed by atoms with E-state index in [0.717, 1.165) is 17.6 Å². The maximum absolute atomic E-state index is 13.7. The molecule has 0 bridgehead atoms. The van der Waals surface area contributed by atoms with Crippen LogP contribution in [0.2, 0.25) is 0 Å². The monoisotopic (exact) mass is 416 g/mol. The van der Waals surface area contributed by atoms with Crippen LogP contribution < -0.4 is 0 Å². The summed E-state index contributed by atoms with van der Waals surface area (Å²) in [7, 11) is 0. The lowest BCUT2D eigenvalue weighted by Crippen LogP contribution is -2.47. The van der Waals surface area contributed by atoms with Crippen molar-refractivity contribution in [3.8, 4) is 0 Å². The summed E-state index contributed by atoms with van der Waals surface area (Å²) in [6.45, 7) is 4.27.